The third-order valence-electron chi connectivity index (χ3n) is 8.75. The van der Waals surface area contributed by atoms with Crippen LogP contribution in [0.2, 0.25) is 0 Å². The first kappa shape index (κ1) is 31.0. The molecule has 0 spiro atoms. The van der Waals surface area contributed by atoms with Crippen molar-refractivity contribution >= 4 is 29.0 Å². The summed E-state index contributed by atoms with van der Waals surface area (Å²) in [5, 5.41) is 1.94. The van der Waals surface area contributed by atoms with Gasteiger partial charge in [-0.1, -0.05) is 63.2 Å². The van der Waals surface area contributed by atoms with Crippen LogP contribution in [0, 0.1) is 11.3 Å². The van der Waals surface area contributed by atoms with Gasteiger partial charge in [-0.2, -0.15) is 0 Å². The van der Waals surface area contributed by atoms with Gasteiger partial charge in [0, 0.05) is 24.4 Å². The molecule has 43 heavy (non-hydrogen) atoms. The quantitative estimate of drug-likeness (QED) is 0.270. The van der Waals surface area contributed by atoms with Gasteiger partial charge in [0.15, 0.2) is 0 Å². The van der Waals surface area contributed by atoms with Crippen LogP contribution >= 0.6 is 11.8 Å². The van der Waals surface area contributed by atoms with Crippen molar-refractivity contribution in [3.05, 3.63) is 93.3 Å². The molecule has 2 aromatic carbocycles. The van der Waals surface area contributed by atoms with Crippen molar-refractivity contribution in [3.63, 3.8) is 0 Å². The molecule has 2 aromatic rings. The lowest BCUT2D eigenvalue weighted by molar-refractivity contribution is -0.115. The zero-order valence-corrected chi connectivity index (χ0v) is 26.6. The molecule has 0 radical (unpaired) electrons. The van der Waals surface area contributed by atoms with Crippen molar-refractivity contribution in [2.24, 2.45) is 11.3 Å². The average Bonchev–Trinajstić information content (AvgIpc) is 3.32. The van der Waals surface area contributed by atoms with E-state index in [1.54, 1.807) is 6.08 Å². The molecule has 0 aromatic heterocycles. The standard InChI is InChI=1S/C35H42N2O5S/c1-6-37(18-19-40-27-14-12-25(13-15-27)20-30-33(38)36-34(39)43-30)21-28-16-17-29-31(42-28)23(2)24(3)32(35(29,4)5)41-22-26-10-8-7-9-11-26/h7-15,20,28-29H,6,16-19,21-22H2,1-5H3,(H,36,38,39). The maximum absolute atomic E-state index is 11.8. The van der Waals surface area contributed by atoms with Gasteiger partial charge >= 0.3 is 0 Å². The molecule has 2 aliphatic heterocycles. The number of allylic oxidation sites excluding steroid dienone is 4. The first-order chi connectivity index (χ1) is 20.7. The Kier molecular flexibility index (Phi) is 9.67. The molecule has 7 nitrogen and oxygen atoms in total. The maximum atomic E-state index is 11.8. The zero-order valence-electron chi connectivity index (χ0n) is 25.8. The second-order valence-corrected chi connectivity index (χ2v) is 13.0. The number of ether oxygens (including phenoxy) is 3. The van der Waals surface area contributed by atoms with Crippen molar-refractivity contribution in [2.45, 2.75) is 60.2 Å². The zero-order chi connectivity index (χ0) is 30.6. The number of rotatable bonds is 11. The molecule has 1 aliphatic carbocycles. The van der Waals surface area contributed by atoms with Crippen LogP contribution < -0.4 is 10.1 Å². The van der Waals surface area contributed by atoms with Gasteiger partial charge in [-0.15, -0.1) is 0 Å². The van der Waals surface area contributed by atoms with Crippen molar-refractivity contribution in [1.82, 2.24) is 10.2 Å². The van der Waals surface area contributed by atoms with Gasteiger partial charge in [0.05, 0.1) is 4.91 Å². The van der Waals surface area contributed by atoms with Gasteiger partial charge in [0.25, 0.3) is 11.1 Å². The number of nitrogens with one attached hydrogen (secondary N) is 1. The lowest BCUT2D eigenvalue weighted by atomic mass is 9.67. The average molecular weight is 603 g/mol. The van der Waals surface area contributed by atoms with E-state index >= 15 is 0 Å². The van der Waals surface area contributed by atoms with E-state index in [1.165, 1.54) is 16.7 Å². The molecule has 0 bridgehead atoms. The summed E-state index contributed by atoms with van der Waals surface area (Å²) in [4.78, 5) is 25.9. The Morgan fingerprint density at radius 1 is 1.02 bits per heavy atom. The molecule has 2 amide bonds. The summed E-state index contributed by atoms with van der Waals surface area (Å²) in [7, 11) is 0. The van der Waals surface area contributed by atoms with Gasteiger partial charge in [-0.25, -0.2) is 0 Å². The number of hydrogen-bond acceptors (Lipinski definition) is 7. The lowest BCUT2D eigenvalue weighted by Gasteiger charge is -2.46. The second kappa shape index (κ2) is 13.4. The number of fused-ring (bicyclic) bond motifs is 1. The highest BCUT2D eigenvalue weighted by molar-refractivity contribution is 8.18. The van der Waals surface area contributed by atoms with Crippen LogP contribution in [0.5, 0.6) is 5.75 Å². The van der Waals surface area contributed by atoms with E-state index in [1.807, 2.05) is 30.3 Å². The molecule has 3 aliphatic rings. The van der Waals surface area contributed by atoms with Crippen molar-refractivity contribution < 1.29 is 23.8 Å². The number of hydrogen-bond donors (Lipinski definition) is 1. The van der Waals surface area contributed by atoms with E-state index in [0.717, 1.165) is 67.1 Å². The molecule has 5 rings (SSSR count). The number of likely N-dealkylation sites (N-methyl/N-ethyl adjacent to an activating group) is 1. The molecule has 8 heteroatoms. The summed E-state index contributed by atoms with van der Waals surface area (Å²) in [6.45, 7) is 14.8. The third-order valence-corrected chi connectivity index (χ3v) is 9.56. The largest absolute Gasteiger partial charge is 0.493 e. The summed E-state index contributed by atoms with van der Waals surface area (Å²) in [6, 6.07) is 17.9. The second-order valence-electron chi connectivity index (χ2n) is 12.0. The smallest absolute Gasteiger partial charge is 0.290 e. The summed E-state index contributed by atoms with van der Waals surface area (Å²) in [5.74, 6) is 2.94. The first-order valence-corrected chi connectivity index (χ1v) is 15.9. The third kappa shape index (κ3) is 7.19. The van der Waals surface area contributed by atoms with Gasteiger partial charge in [-0.3, -0.25) is 19.8 Å². The van der Waals surface area contributed by atoms with Crippen LogP contribution in [0.3, 0.4) is 0 Å². The number of amides is 2. The monoisotopic (exact) mass is 602 g/mol. The minimum Gasteiger partial charge on any atom is -0.493 e. The molecule has 2 fully saturated rings. The van der Waals surface area contributed by atoms with E-state index in [9.17, 15) is 9.59 Å². The summed E-state index contributed by atoms with van der Waals surface area (Å²) >= 11 is 0.917. The molecule has 228 valence electrons. The fourth-order valence-corrected chi connectivity index (χ4v) is 6.87. The Bertz CT molecular complexity index is 1430. The van der Waals surface area contributed by atoms with Gasteiger partial charge in [0.1, 0.15) is 36.6 Å². The molecule has 2 heterocycles. The van der Waals surface area contributed by atoms with Crippen molar-refractivity contribution in [1.29, 1.82) is 0 Å². The van der Waals surface area contributed by atoms with Crippen LogP contribution in [-0.4, -0.2) is 48.4 Å². The fraction of sp³-hybridized carbons (Fsp3) is 0.429. The molecule has 2 atom stereocenters. The highest BCUT2D eigenvalue weighted by Crippen LogP contribution is 2.52. The van der Waals surface area contributed by atoms with Gasteiger partial charge < -0.3 is 14.2 Å². The highest BCUT2D eigenvalue weighted by Gasteiger charge is 2.46. The minimum atomic E-state index is -0.352. The molecular weight excluding hydrogens is 560 g/mol. The van der Waals surface area contributed by atoms with Crippen molar-refractivity contribution in [2.75, 3.05) is 26.2 Å². The van der Waals surface area contributed by atoms with E-state index in [0.29, 0.717) is 24.0 Å². The van der Waals surface area contributed by atoms with E-state index in [-0.39, 0.29) is 22.7 Å². The molecule has 0 saturated carbocycles. The van der Waals surface area contributed by atoms with Crippen LogP contribution in [0.1, 0.15) is 58.6 Å². The van der Waals surface area contributed by atoms with Crippen molar-refractivity contribution in [3.8, 4) is 5.75 Å². The number of imide groups is 1. The van der Waals surface area contributed by atoms with E-state index in [4.69, 9.17) is 14.2 Å². The minimum absolute atomic E-state index is 0.136. The van der Waals surface area contributed by atoms with E-state index < -0.39 is 0 Å². The van der Waals surface area contributed by atoms with Crippen LogP contribution in [0.15, 0.2) is 82.2 Å². The van der Waals surface area contributed by atoms with Gasteiger partial charge in [-0.05, 0) is 85.5 Å². The van der Waals surface area contributed by atoms with Gasteiger partial charge in [0.2, 0.25) is 0 Å². The number of benzene rings is 2. The molecule has 1 N–H and O–H groups in total. The molecular formula is C35H42N2O5S. The first-order valence-electron chi connectivity index (χ1n) is 15.1. The Labute approximate surface area is 259 Å². The number of carbonyl (C=O) groups is 2. The SMILES string of the molecule is CCN(CCOc1ccc(C=C2SC(=O)NC2=O)cc1)CC1CCC2C(=C(C)C(C)=C(OCc3ccccc3)C2(C)C)O1. The summed E-state index contributed by atoms with van der Waals surface area (Å²) < 4.78 is 19.3. The van der Waals surface area contributed by atoms with Crippen LogP contribution in [0.4, 0.5) is 4.79 Å². The maximum Gasteiger partial charge on any atom is 0.290 e. The lowest BCUT2D eigenvalue weighted by Crippen LogP contribution is -2.43. The normalized spacial score (nSPS) is 22.5. The summed E-state index contributed by atoms with van der Waals surface area (Å²) in [5.41, 5.74) is 4.29. The number of carbonyl (C=O) groups excluding carboxylic acids is 2. The predicted molar refractivity (Wildman–Crippen MR) is 171 cm³/mol. The highest BCUT2D eigenvalue weighted by atomic mass is 32.2. The number of thioether (sulfide) groups is 1. The fourth-order valence-electron chi connectivity index (χ4n) is 6.18. The Hall–Kier alpha value is -3.49. The molecule has 2 saturated heterocycles. The Balaban J connectivity index is 1.15. The summed E-state index contributed by atoms with van der Waals surface area (Å²) in [6.07, 6.45) is 3.93. The predicted octanol–water partition coefficient (Wildman–Crippen LogP) is 7.31. The Morgan fingerprint density at radius 3 is 2.44 bits per heavy atom. The van der Waals surface area contributed by atoms with Crippen LogP contribution in [-0.2, 0) is 20.9 Å². The van der Waals surface area contributed by atoms with E-state index in [2.05, 4.69) is 69.1 Å². The van der Waals surface area contributed by atoms with Crippen LogP contribution in [0.25, 0.3) is 6.08 Å². The Morgan fingerprint density at radius 2 is 1.77 bits per heavy atom. The molecule has 2 unspecified atom stereocenters. The number of nitrogens with zero attached hydrogens (tertiary/aromatic N) is 1. The topological polar surface area (TPSA) is 77.1 Å².